The molecule has 11 aromatic rings. The van der Waals surface area contributed by atoms with Crippen molar-refractivity contribution in [2.75, 3.05) is 0 Å². The largest absolute Gasteiger partial charge is 0.0622 e. The predicted molar refractivity (Wildman–Crippen MR) is 233 cm³/mol. The maximum absolute atomic E-state index is 2.36. The number of benzene rings is 11. The van der Waals surface area contributed by atoms with Gasteiger partial charge in [-0.15, -0.1) is 0 Å². The van der Waals surface area contributed by atoms with E-state index in [0.717, 1.165) is 0 Å². The van der Waals surface area contributed by atoms with E-state index >= 15 is 0 Å². The Hall–Kier alpha value is -7.02. The maximum Gasteiger partial charge on any atom is -0.00988 e. The van der Waals surface area contributed by atoms with Crippen molar-refractivity contribution >= 4 is 64.6 Å². The first-order valence-corrected chi connectivity index (χ1v) is 18.7. The van der Waals surface area contributed by atoms with Crippen LogP contribution in [0.15, 0.2) is 206 Å². The summed E-state index contributed by atoms with van der Waals surface area (Å²) in [5.41, 5.74) is 9.97. The van der Waals surface area contributed by atoms with Crippen molar-refractivity contribution in [2.45, 2.75) is 0 Å². The van der Waals surface area contributed by atoms with E-state index in [1.165, 1.54) is 109 Å². The molecule has 0 aliphatic rings. The van der Waals surface area contributed by atoms with Crippen LogP contribution in [-0.2, 0) is 0 Å². The monoisotopic (exact) mass is 682 g/mol. The second kappa shape index (κ2) is 12.3. The van der Waals surface area contributed by atoms with Gasteiger partial charge in [-0.2, -0.15) is 0 Å². The Bertz CT molecular complexity index is 3260. The second-order valence-corrected chi connectivity index (χ2v) is 14.5. The third kappa shape index (κ3) is 4.99. The van der Waals surface area contributed by atoms with E-state index in [-0.39, 0.29) is 0 Å². The highest BCUT2D eigenvalue weighted by Gasteiger charge is 2.12. The molecule has 0 amide bonds. The number of hydrogen-bond donors (Lipinski definition) is 0. The minimum atomic E-state index is 1.23. The summed E-state index contributed by atoms with van der Waals surface area (Å²) in [5, 5.41) is 15.3. The molecule has 0 atom stereocenters. The Kier molecular flexibility index (Phi) is 6.97. The van der Waals surface area contributed by atoms with E-state index in [0.29, 0.717) is 0 Å². The fraction of sp³-hybridized carbons (Fsp3) is 0. The topological polar surface area (TPSA) is 0 Å². The van der Waals surface area contributed by atoms with Gasteiger partial charge in [0.15, 0.2) is 0 Å². The van der Waals surface area contributed by atoms with Crippen molar-refractivity contribution in [2.24, 2.45) is 0 Å². The van der Waals surface area contributed by atoms with Crippen LogP contribution in [0.2, 0.25) is 0 Å². The molecule has 0 nitrogen and oxygen atoms in total. The van der Waals surface area contributed by atoms with Crippen molar-refractivity contribution < 1.29 is 0 Å². The van der Waals surface area contributed by atoms with Crippen molar-refractivity contribution in [1.29, 1.82) is 0 Å². The minimum Gasteiger partial charge on any atom is -0.0622 e. The van der Waals surface area contributed by atoms with Gasteiger partial charge in [-0.05, 0) is 139 Å². The van der Waals surface area contributed by atoms with Crippen LogP contribution in [-0.4, -0.2) is 0 Å². The first kappa shape index (κ1) is 30.6. The molecule has 0 aliphatic heterocycles. The van der Waals surface area contributed by atoms with Gasteiger partial charge in [0.25, 0.3) is 0 Å². The van der Waals surface area contributed by atoms with E-state index in [4.69, 9.17) is 0 Å². The Morgan fingerprint density at radius 3 is 1.11 bits per heavy atom. The third-order valence-electron chi connectivity index (χ3n) is 11.4. The zero-order chi connectivity index (χ0) is 35.6. The first-order valence-electron chi connectivity index (χ1n) is 18.7. The molecular formula is C54H34. The summed E-state index contributed by atoms with van der Waals surface area (Å²) < 4.78 is 0. The summed E-state index contributed by atoms with van der Waals surface area (Å²) in [7, 11) is 0. The van der Waals surface area contributed by atoms with Crippen LogP contribution in [0.3, 0.4) is 0 Å². The van der Waals surface area contributed by atoms with Crippen molar-refractivity contribution in [1.82, 2.24) is 0 Å². The van der Waals surface area contributed by atoms with Crippen molar-refractivity contribution in [3.8, 4) is 44.5 Å². The van der Waals surface area contributed by atoms with E-state index < -0.39 is 0 Å². The lowest BCUT2D eigenvalue weighted by atomic mass is 9.91. The average molecular weight is 683 g/mol. The molecule has 0 spiro atoms. The van der Waals surface area contributed by atoms with Crippen molar-refractivity contribution in [3.05, 3.63) is 206 Å². The highest BCUT2D eigenvalue weighted by Crippen LogP contribution is 2.39. The molecule has 0 bridgehead atoms. The van der Waals surface area contributed by atoms with Gasteiger partial charge < -0.3 is 0 Å². The zero-order valence-electron chi connectivity index (χ0n) is 29.6. The summed E-state index contributed by atoms with van der Waals surface area (Å²) in [5.74, 6) is 0. The number of hydrogen-bond acceptors (Lipinski definition) is 0. The molecule has 0 unspecified atom stereocenters. The van der Waals surface area contributed by atoms with E-state index in [9.17, 15) is 0 Å². The highest BCUT2D eigenvalue weighted by molar-refractivity contribution is 6.16. The molecular weight excluding hydrogens is 649 g/mol. The summed E-state index contributed by atoms with van der Waals surface area (Å²) >= 11 is 0. The quantitative estimate of drug-likeness (QED) is 0.162. The summed E-state index contributed by atoms with van der Waals surface area (Å²) in [6.45, 7) is 0. The Morgan fingerprint density at radius 2 is 0.537 bits per heavy atom. The molecule has 0 radical (unpaired) electrons. The van der Waals surface area contributed by atoms with Gasteiger partial charge in [0.05, 0.1) is 0 Å². The normalized spacial score (nSPS) is 11.7. The SMILES string of the molecule is c1ccc(-c2ccccc2-c2ccc3c(ccc4cc(-c5ccc6c(ccc7cc(-c8cc9ccccc9c9ccccc89)ccc76)c5)ccc43)c2)cc1. The van der Waals surface area contributed by atoms with E-state index in [1.807, 2.05) is 0 Å². The van der Waals surface area contributed by atoms with Gasteiger partial charge in [0, 0.05) is 0 Å². The van der Waals surface area contributed by atoms with Crippen LogP contribution in [0.5, 0.6) is 0 Å². The van der Waals surface area contributed by atoms with Gasteiger partial charge in [-0.3, -0.25) is 0 Å². The Morgan fingerprint density at radius 1 is 0.167 bits per heavy atom. The Labute approximate surface area is 314 Å². The number of fused-ring (bicyclic) bond motifs is 9. The van der Waals surface area contributed by atoms with Crippen molar-refractivity contribution in [3.63, 3.8) is 0 Å². The van der Waals surface area contributed by atoms with Gasteiger partial charge in [-0.25, -0.2) is 0 Å². The van der Waals surface area contributed by atoms with Gasteiger partial charge >= 0.3 is 0 Å². The summed E-state index contributed by atoms with van der Waals surface area (Å²) in [6.07, 6.45) is 0. The highest BCUT2D eigenvalue weighted by atomic mass is 14.2. The van der Waals surface area contributed by atoms with E-state index in [2.05, 4.69) is 206 Å². The predicted octanol–water partition coefficient (Wildman–Crippen LogP) is 15.3. The zero-order valence-corrected chi connectivity index (χ0v) is 29.6. The first-order chi connectivity index (χ1) is 26.7. The fourth-order valence-corrected chi connectivity index (χ4v) is 8.73. The lowest BCUT2D eigenvalue weighted by Gasteiger charge is -2.13. The fourth-order valence-electron chi connectivity index (χ4n) is 8.73. The molecule has 11 rings (SSSR count). The van der Waals surface area contributed by atoms with E-state index in [1.54, 1.807) is 0 Å². The van der Waals surface area contributed by atoms with Gasteiger partial charge in [0.2, 0.25) is 0 Å². The van der Waals surface area contributed by atoms with Crippen LogP contribution in [0, 0.1) is 0 Å². The Balaban J connectivity index is 0.944. The molecule has 11 aromatic carbocycles. The standard InChI is InChI=1S/C54H34/c1-2-10-35(11-3-1)45-13-6-7-14-46(45)43-24-28-50-41(32-43)20-18-39-30-36(22-26-48(39)50)37-23-27-49-40(31-37)19-21-42-33-44(25-29-51(42)49)54-34-38-12-4-5-15-47(38)52-16-8-9-17-53(52)54/h1-34H. The third-order valence-corrected chi connectivity index (χ3v) is 11.4. The minimum absolute atomic E-state index is 1.23. The number of rotatable bonds is 4. The molecule has 0 fully saturated rings. The molecule has 0 heterocycles. The second-order valence-electron chi connectivity index (χ2n) is 14.5. The summed E-state index contributed by atoms with van der Waals surface area (Å²) in [6, 6.07) is 76.1. The lowest BCUT2D eigenvalue weighted by molar-refractivity contribution is 1.59. The molecule has 0 saturated heterocycles. The molecule has 0 aliphatic carbocycles. The van der Waals surface area contributed by atoms with Crippen LogP contribution in [0.25, 0.3) is 109 Å². The molecule has 54 heavy (non-hydrogen) atoms. The van der Waals surface area contributed by atoms with Crippen LogP contribution < -0.4 is 0 Å². The lowest BCUT2D eigenvalue weighted by Crippen LogP contribution is -1.87. The van der Waals surface area contributed by atoms with Gasteiger partial charge in [0.1, 0.15) is 0 Å². The average Bonchev–Trinajstić information content (AvgIpc) is 3.25. The smallest absolute Gasteiger partial charge is 0.00988 e. The van der Waals surface area contributed by atoms with Gasteiger partial charge in [-0.1, -0.05) is 176 Å². The molecule has 250 valence electrons. The molecule has 0 heteroatoms. The molecule has 0 saturated carbocycles. The van der Waals surface area contributed by atoms with Crippen LogP contribution in [0.1, 0.15) is 0 Å². The molecule has 0 N–H and O–H groups in total. The molecule has 0 aromatic heterocycles. The van der Waals surface area contributed by atoms with Crippen LogP contribution in [0.4, 0.5) is 0 Å². The maximum atomic E-state index is 2.36. The van der Waals surface area contributed by atoms with Crippen LogP contribution >= 0.6 is 0 Å². The summed E-state index contributed by atoms with van der Waals surface area (Å²) in [4.78, 5) is 0.